The first-order chi connectivity index (χ1) is 8.93. The molecule has 1 rings (SSSR count). The van der Waals surface area contributed by atoms with Gasteiger partial charge in [0.1, 0.15) is 6.04 Å². The number of halogens is 1. The third-order valence-corrected chi connectivity index (χ3v) is 3.20. The summed E-state index contributed by atoms with van der Waals surface area (Å²) < 4.78 is 0.773. The van der Waals surface area contributed by atoms with Gasteiger partial charge in [0.2, 0.25) is 5.91 Å². The van der Waals surface area contributed by atoms with Crippen LogP contribution in [0.15, 0.2) is 22.7 Å². The molecular weight excluding hydrogens is 306 g/mol. The van der Waals surface area contributed by atoms with Gasteiger partial charge in [-0.1, -0.05) is 13.8 Å². The maximum absolute atomic E-state index is 11.8. The van der Waals surface area contributed by atoms with E-state index in [2.05, 4.69) is 46.5 Å². The summed E-state index contributed by atoms with van der Waals surface area (Å²) in [7, 11) is 0. The Morgan fingerprint density at radius 1 is 1.42 bits per heavy atom. The van der Waals surface area contributed by atoms with Crippen molar-refractivity contribution < 1.29 is 4.79 Å². The summed E-state index contributed by atoms with van der Waals surface area (Å²) in [6.45, 7) is 6.57. The van der Waals surface area contributed by atoms with Gasteiger partial charge in [-0.25, -0.2) is 0 Å². The standard InChI is InChI=1S/C14H18BrN3O/c1-9(2)8-17-14(19)10(3)18-13-5-4-11(7-16)6-12(13)15/h4-6,9-10,18H,8H2,1-3H3,(H,17,19). The minimum absolute atomic E-state index is 0.0371. The van der Waals surface area contributed by atoms with E-state index in [9.17, 15) is 4.79 Å². The highest BCUT2D eigenvalue weighted by molar-refractivity contribution is 9.10. The third-order valence-electron chi connectivity index (χ3n) is 2.55. The van der Waals surface area contributed by atoms with E-state index < -0.39 is 0 Å². The Hall–Kier alpha value is -1.54. The lowest BCUT2D eigenvalue weighted by molar-refractivity contribution is -0.121. The molecule has 1 aromatic carbocycles. The van der Waals surface area contributed by atoms with E-state index in [0.29, 0.717) is 18.0 Å². The highest BCUT2D eigenvalue weighted by Crippen LogP contribution is 2.24. The van der Waals surface area contributed by atoms with E-state index in [1.54, 1.807) is 25.1 Å². The molecule has 0 heterocycles. The normalized spacial score (nSPS) is 11.8. The number of rotatable bonds is 5. The van der Waals surface area contributed by atoms with Gasteiger partial charge in [0.25, 0.3) is 0 Å². The number of amides is 1. The SMILES string of the molecule is CC(C)CNC(=O)C(C)Nc1ccc(C#N)cc1Br. The van der Waals surface area contributed by atoms with Gasteiger partial charge in [0, 0.05) is 16.7 Å². The average molecular weight is 324 g/mol. The lowest BCUT2D eigenvalue weighted by Crippen LogP contribution is -2.39. The topological polar surface area (TPSA) is 64.9 Å². The number of hydrogen-bond acceptors (Lipinski definition) is 3. The number of anilines is 1. The third kappa shape index (κ3) is 4.92. The van der Waals surface area contributed by atoms with Crippen LogP contribution in [0.25, 0.3) is 0 Å². The van der Waals surface area contributed by atoms with E-state index in [1.165, 1.54) is 0 Å². The Balaban J connectivity index is 2.64. The Labute approximate surface area is 122 Å². The van der Waals surface area contributed by atoms with Crippen molar-refractivity contribution in [3.8, 4) is 6.07 Å². The number of carbonyl (C=O) groups is 1. The molecule has 0 aromatic heterocycles. The first-order valence-corrected chi connectivity index (χ1v) is 6.97. The summed E-state index contributed by atoms with van der Waals surface area (Å²) in [6, 6.07) is 6.96. The van der Waals surface area contributed by atoms with Gasteiger partial charge >= 0.3 is 0 Å². The monoisotopic (exact) mass is 323 g/mol. The van der Waals surface area contributed by atoms with Crippen LogP contribution in [0, 0.1) is 17.2 Å². The zero-order chi connectivity index (χ0) is 14.4. The molecule has 0 saturated heterocycles. The van der Waals surface area contributed by atoms with Crippen LogP contribution >= 0.6 is 15.9 Å². The smallest absolute Gasteiger partial charge is 0.242 e. The second kappa shape index (κ2) is 7.15. The van der Waals surface area contributed by atoms with Gasteiger partial charge in [-0.15, -0.1) is 0 Å². The van der Waals surface area contributed by atoms with E-state index in [0.717, 1.165) is 10.2 Å². The van der Waals surface area contributed by atoms with Crippen LogP contribution in [0.4, 0.5) is 5.69 Å². The Kier molecular flexibility index (Phi) is 5.84. The largest absolute Gasteiger partial charge is 0.373 e. The summed E-state index contributed by atoms with van der Waals surface area (Å²) in [5.41, 5.74) is 1.38. The van der Waals surface area contributed by atoms with Crippen molar-refractivity contribution in [2.45, 2.75) is 26.8 Å². The molecule has 0 spiro atoms. The molecule has 19 heavy (non-hydrogen) atoms. The van der Waals surface area contributed by atoms with Crippen LogP contribution in [0.3, 0.4) is 0 Å². The van der Waals surface area contributed by atoms with Crippen molar-refractivity contribution >= 4 is 27.5 Å². The number of nitrogens with one attached hydrogen (secondary N) is 2. The van der Waals surface area contributed by atoms with E-state index in [4.69, 9.17) is 5.26 Å². The molecule has 2 N–H and O–H groups in total. The zero-order valence-electron chi connectivity index (χ0n) is 11.3. The van der Waals surface area contributed by atoms with Crippen molar-refractivity contribution in [1.29, 1.82) is 5.26 Å². The second-order valence-corrected chi connectivity index (χ2v) is 5.67. The molecule has 1 atom stereocenters. The molecule has 0 bridgehead atoms. The molecule has 5 heteroatoms. The molecule has 0 aliphatic rings. The Bertz CT molecular complexity index is 494. The van der Waals surface area contributed by atoms with Crippen molar-refractivity contribution in [2.75, 3.05) is 11.9 Å². The lowest BCUT2D eigenvalue weighted by Gasteiger charge is -2.17. The summed E-state index contributed by atoms with van der Waals surface area (Å²) in [4.78, 5) is 11.8. The first-order valence-electron chi connectivity index (χ1n) is 6.18. The Morgan fingerprint density at radius 2 is 2.11 bits per heavy atom. The van der Waals surface area contributed by atoms with E-state index in [-0.39, 0.29) is 11.9 Å². The van der Waals surface area contributed by atoms with Crippen LogP contribution in [0.1, 0.15) is 26.3 Å². The van der Waals surface area contributed by atoms with Crippen LogP contribution in [-0.4, -0.2) is 18.5 Å². The first kappa shape index (κ1) is 15.5. The molecule has 102 valence electrons. The van der Waals surface area contributed by atoms with Crippen LogP contribution in [0.5, 0.6) is 0 Å². The number of nitrogens with zero attached hydrogens (tertiary/aromatic N) is 1. The number of carbonyl (C=O) groups excluding carboxylic acids is 1. The maximum atomic E-state index is 11.8. The van der Waals surface area contributed by atoms with Gasteiger partial charge in [-0.05, 0) is 47.0 Å². The molecule has 1 unspecified atom stereocenters. The van der Waals surface area contributed by atoms with Gasteiger partial charge in [0.15, 0.2) is 0 Å². The molecule has 0 radical (unpaired) electrons. The van der Waals surface area contributed by atoms with Crippen molar-refractivity contribution in [3.05, 3.63) is 28.2 Å². The maximum Gasteiger partial charge on any atom is 0.242 e. The summed E-state index contributed by atoms with van der Waals surface area (Å²) in [5, 5.41) is 14.8. The molecule has 0 saturated carbocycles. The van der Waals surface area contributed by atoms with Gasteiger partial charge in [-0.3, -0.25) is 4.79 Å². The molecule has 0 aliphatic heterocycles. The molecule has 0 aliphatic carbocycles. The van der Waals surface area contributed by atoms with Crippen molar-refractivity contribution in [2.24, 2.45) is 5.92 Å². The molecule has 0 fully saturated rings. The summed E-state index contributed by atoms with van der Waals surface area (Å²) in [6.07, 6.45) is 0. The minimum Gasteiger partial charge on any atom is -0.373 e. The van der Waals surface area contributed by atoms with E-state index in [1.807, 2.05) is 0 Å². The second-order valence-electron chi connectivity index (χ2n) is 4.81. The highest BCUT2D eigenvalue weighted by atomic mass is 79.9. The zero-order valence-corrected chi connectivity index (χ0v) is 12.9. The predicted molar refractivity (Wildman–Crippen MR) is 79.8 cm³/mol. The minimum atomic E-state index is -0.331. The van der Waals surface area contributed by atoms with Crippen molar-refractivity contribution in [3.63, 3.8) is 0 Å². The molecule has 1 amide bonds. The predicted octanol–water partition coefficient (Wildman–Crippen LogP) is 2.89. The van der Waals surface area contributed by atoms with Gasteiger partial charge in [-0.2, -0.15) is 5.26 Å². The average Bonchev–Trinajstić information content (AvgIpc) is 2.37. The van der Waals surface area contributed by atoms with Gasteiger partial charge < -0.3 is 10.6 Å². The fourth-order valence-corrected chi connectivity index (χ4v) is 1.95. The summed E-state index contributed by atoms with van der Waals surface area (Å²) in [5.74, 6) is 0.391. The van der Waals surface area contributed by atoms with Crippen molar-refractivity contribution in [1.82, 2.24) is 5.32 Å². The Morgan fingerprint density at radius 3 is 2.63 bits per heavy atom. The number of nitriles is 1. The quantitative estimate of drug-likeness (QED) is 0.875. The van der Waals surface area contributed by atoms with Gasteiger partial charge in [0.05, 0.1) is 11.6 Å². The van der Waals surface area contributed by atoms with Crippen LogP contribution in [0.2, 0.25) is 0 Å². The van der Waals surface area contributed by atoms with Crippen LogP contribution in [-0.2, 0) is 4.79 Å². The molecular formula is C14H18BrN3O. The fourth-order valence-electron chi connectivity index (χ4n) is 1.46. The number of hydrogen-bond donors (Lipinski definition) is 2. The lowest BCUT2D eigenvalue weighted by atomic mass is 10.2. The molecule has 4 nitrogen and oxygen atoms in total. The fraction of sp³-hybridized carbons (Fsp3) is 0.429. The summed E-state index contributed by atoms with van der Waals surface area (Å²) >= 11 is 3.38. The molecule has 1 aromatic rings. The van der Waals surface area contributed by atoms with E-state index >= 15 is 0 Å². The highest BCUT2D eigenvalue weighted by Gasteiger charge is 2.13. The number of benzene rings is 1. The van der Waals surface area contributed by atoms with Crippen LogP contribution < -0.4 is 10.6 Å².